The molecule has 0 N–H and O–H groups in total. The van der Waals surface area contributed by atoms with E-state index >= 15 is 0 Å². The van der Waals surface area contributed by atoms with Crippen molar-refractivity contribution in [3.8, 4) is 11.4 Å². The topological polar surface area (TPSA) is 80.3 Å². The highest BCUT2D eigenvalue weighted by atomic mass is 35.5. The predicted octanol–water partition coefficient (Wildman–Crippen LogP) is 4.36. The van der Waals surface area contributed by atoms with Crippen LogP contribution in [0.5, 0.6) is 0 Å². The number of piperazine rings is 1. The van der Waals surface area contributed by atoms with Crippen LogP contribution in [0.25, 0.3) is 17.5 Å². The molecule has 1 saturated heterocycles. The summed E-state index contributed by atoms with van der Waals surface area (Å²) in [6.45, 7) is 10.2. The molecule has 0 bridgehead atoms. The number of rotatable bonds is 8. The Kier molecular flexibility index (Phi) is 7.80. The van der Waals surface area contributed by atoms with Crippen molar-refractivity contribution in [2.75, 3.05) is 26.2 Å². The molecule has 2 aromatic heterocycles. The fourth-order valence-electron chi connectivity index (χ4n) is 3.93. The Labute approximate surface area is 205 Å². The fraction of sp³-hybridized carbons (Fsp3) is 0.440. The summed E-state index contributed by atoms with van der Waals surface area (Å²) < 4.78 is 7.26. The van der Waals surface area contributed by atoms with Crippen molar-refractivity contribution in [3.05, 3.63) is 58.2 Å². The summed E-state index contributed by atoms with van der Waals surface area (Å²) in [5, 5.41) is 9.19. The molecule has 1 aliphatic heterocycles. The zero-order chi connectivity index (χ0) is 24.1. The molecular formula is C25H31ClN6O2. The van der Waals surface area contributed by atoms with Gasteiger partial charge in [-0.05, 0) is 26.3 Å². The van der Waals surface area contributed by atoms with Crippen LogP contribution in [0, 0.1) is 13.8 Å². The Hall–Kier alpha value is -2.97. The van der Waals surface area contributed by atoms with Gasteiger partial charge in [-0.25, -0.2) is 0 Å². The molecule has 9 heteroatoms. The summed E-state index contributed by atoms with van der Waals surface area (Å²) in [5.74, 6) is 1.16. The van der Waals surface area contributed by atoms with Gasteiger partial charge in [0.15, 0.2) is 0 Å². The van der Waals surface area contributed by atoms with Crippen molar-refractivity contribution in [3.63, 3.8) is 0 Å². The lowest BCUT2D eigenvalue weighted by molar-refractivity contribution is -0.127. The second kappa shape index (κ2) is 11.0. The summed E-state index contributed by atoms with van der Waals surface area (Å²) in [6.07, 6.45) is 5.48. The van der Waals surface area contributed by atoms with Gasteiger partial charge in [-0.2, -0.15) is 10.1 Å². The van der Waals surface area contributed by atoms with Crippen molar-refractivity contribution in [2.24, 2.45) is 0 Å². The summed E-state index contributed by atoms with van der Waals surface area (Å²) in [7, 11) is 0. The highest BCUT2D eigenvalue weighted by Gasteiger charge is 2.22. The Morgan fingerprint density at radius 1 is 1.15 bits per heavy atom. The summed E-state index contributed by atoms with van der Waals surface area (Å²) in [5.41, 5.74) is 3.77. The van der Waals surface area contributed by atoms with Gasteiger partial charge in [0.05, 0.1) is 12.2 Å². The Morgan fingerprint density at radius 3 is 2.59 bits per heavy atom. The molecule has 0 radical (unpaired) electrons. The van der Waals surface area contributed by atoms with Crippen LogP contribution in [-0.2, 0) is 17.9 Å². The van der Waals surface area contributed by atoms with E-state index in [1.807, 2.05) is 47.7 Å². The van der Waals surface area contributed by atoms with Crippen molar-refractivity contribution < 1.29 is 9.32 Å². The van der Waals surface area contributed by atoms with Crippen LogP contribution in [-0.4, -0.2) is 61.8 Å². The minimum atomic E-state index is -0.0177. The molecule has 0 spiro atoms. The van der Waals surface area contributed by atoms with E-state index in [2.05, 4.69) is 27.1 Å². The number of halogens is 1. The van der Waals surface area contributed by atoms with Gasteiger partial charge in [0.2, 0.25) is 17.6 Å². The van der Waals surface area contributed by atoms with Gasteiger partial charge in [-0.1, -0.05) is 59.9 Å². The number of benzene rings is 1. The van der Waals surface area contributed by atoms with Crippen LogP contribution in [0.1, 0.15) is 42.5 Å². The number of carbonyl (C=O) groups excluding carboxylic acids is 1. The van der Waals surface area contributed by atoms with Crippen LogP contribution in [0.4, 0.5) is 0 Å². The molecule has 0 aliphatic carbocycles. The number of hydrogen-bond donors (Lipinski definition) is 0. The van der Waals surface area contributed by atoms with E-state index in [4.69, 9.17) is 16.1 Å². The quantitative estimate of drug-likeness (QED) is 0.444. The van der Waals surface area contributed by atoms with E-state index in [0.717, 1.165) is 49.3 Å². The second-order valence-corrected chi connectivity index (χ2v) is 9.04. The van der Waals surface area contributed by atoms with Gasteiger partial charge >= 0.3 is 0 Å². The molecule has 0 saturated carbocycles. The van der Waals surface area contributed by atoms with Crippen LogP contribution in [0.15, 0.2) is 34.9 Å². The van der Waals surface area contributed by atoms with E-state index in [1.165, 1.54) is 5.56 Å². The molecule has 180 valence electrons. The minimum absolute atomic E-state index is 0.0177. The van der Waals surface area contributed by atoms with E-state index in [-0.39, 0.29) is 5.91 Å². The molecule has 1 aromatic carbocycles. The van der Waals surface area contributed by atoms with E-state index in [1.54, 1.807) is 12.2 Å². The van der Waals surface area contributed by atoms with Gasteiger partial charge in [-0.3, -0.25) is 14.4 Å². The lowest BCUT2D eigenvalue weighted by Gasteiger charge is -2.33. The van der Waals surface area contributed by atoms with Crippen molar-refractivity contribution in [1.29, 1.82) is 0 Å². The third-order valence-corrected chi connectivity index (χ3v) is 6.44. The van der Waals surface area contributed by atoms with E-state index < -0.39 is 0 Å². The smallest absolute Gasteiger partial charge is 0.246 e. The first-order chi connectivity index (χ1) is 16.4. The van der Waals surface area contributed by atoms with Crippen LogP contribution in [0.3, 0.4) is 0 Å². The largest absolute Gasteiger partial charge is 0.338 e. The number of hydrogen-bond acceptors (Lipinski definition) is 6. The van der Waals surface area contributed by atoms with Gasteiger partial charge in [-0.15, -0.1) is 0 Å². The number of aryl methyl sites for hydroxylation is 3. The first kappa shape index (κ1) is 24.2. The summed E-state index contributed by atoms with van der Waals surface area (Å²) >= 11 is 6.48. The Balaban J connectivity index is 1.29. The summed E-state index contributed by atoms with van der Waals surface area (Å²) in [6, 6.07) is 8.05. The average molecular weight is 483 g/mol. The zero-order valence-corrected chi connectivity index (χ0v) is 20.8. The maximum atomic E-state index is 12.7. The van der Waals surface area contributed by atoms with Crippen LogP contribution < -0.4 is 0 Å². The lowest BCUT2D eigenvalue weighted by Crippen LogP contribution is -2.47. The highest BCUT2D eigenvalue weighted by Crippen LogP contribution is 2.22. The minimum Gasteiger partial charge on any atom is -0.338 e. The molecule has 0 unspecified atom stereocenters. The third-order valence-electron chi connectivity index (χ3n) is 6.05. The lowest BCUT2D eigenvalue weighted by atomic mass is 10.1. The zero-order valence-electron chi connectivity index (χ0n) is 20.0. The monoisotopic (exact) mass is 482 g/mol. The van der Waals surface area contributed by atoms with Gasteiger partial charge in [0.25, 0.3) is 0 Å². The molecule has 0 atom stereocenters. The first-order valence-corrected chi connectivity index (χ1v) is 12.1. The maximum Gasteiger partial charge on any atom is 0.246 e. The number of carbonyl (C=O) groups is 1. The van der Waals surface area contributed by atoms with Gasteiger partial charge < -0.3 is 9.42 Å². The van der Waals surface area contributed by atoms with E-state index in [9.17, 15) is 4.79 Å². The molecule has 3 heterocycles. The second-order valence-electron chi connectivity index (χ2n) is 8.68. The highest BCUT2D eigenvalue weighted by molar-refractivity contribution is 6.31. The van der Waals surface area contributed by atoms with Gasteiger partial charge in [0, 0.05) is 49.9 Å². The number of amides is 1. The normalized spacial score (nSPS) is 14.9. The molecule has 34 heavy (non-hydrogen) atoms. The van der Waals surface area contributed by atoms with Crippen molar-refractivity contribution in [1.82, 2.24) is 29.7 Å². The molecule has 1 aliphatic rings. The number of nitrogens with zero attached hydrogens (tertiary/aromatic N) is 6. The third kappa shape index (κ3) is 5.74. The van der Waals surface area contributed by atoms with E-state index in [0.29, 0.717) is 36.5 Å². The van der Waals surface area contributed by atoms with Crippen molar-refractivity contribution >= 4 is 23.6 Å². The molecular weight excluding hydrogens is 452 g/mol. The maximum absolute atomic E-state index is 12.7. The fourth-order valence-corrected chi connectivity index (χ4v) is 4.25. The SMILES string of the molecule is CCCCn1nc(C)c(/C=C/C(=O)N2CCN(Cc3nc(-c4ccc(C)cc4)no3)CC2)c1Cl. The Bertz CT molecular complexity index is 1140. The molecule has 1 fully saturated rings. The molecule has 1 amide bonds. The number of aromatic nitrogens is 4. The first-order valence-electron chi connectivity index (χ1n) is 11.8. The van der Waals surface area contributed by atoms with Crippen molar-refractivity contribution in [2.45, 2.75) is 46.7 Å². The Morgan fingerprint density at radius 2 is 1.88 bits per heavy atom. The van der Waals surface area contributed by atoms with Crippen LogP contribution in [0.2, 0.25) is 5.15 Å². The average Bonchev–Trinajstić information content (AvgIpc) is 3.41. The molecule has 3 aromatic rings. The number of unbranched alkanes of at least 4 members (excludes halogenated alkanes) is 1. The molecule has 4 rings (SSSR count). The predicted molar refractivity (Wildman–Crippen MR) is 132 cm³/mol. The standard InChI is InChI=1S/C25H31ClN6O2/c1-4-5-12-32-24(26)21(19(3)28-32)10-11-23(33)31-15-13-30(14-16-31)17-22-27-25(29-34-22)20-8-6-18(2)7-9-20/h6-11H,4-5,12-17H2,1-3H3/b11-10+. The molecule has 8 nitrogen and oxygen atoms in total. The summed E-state index contributed by atoms with van der Waals surface area (Å²) in [4.78, 5) is 21.3. The van der Waals surface area contributed by atoms with Gasteiger partial charge in [0.1, 0.15) is 5.15 Å². The van der Waals surface area contributed by atoms with Crippen LogP contribution >= 0.6 is 11.6 Å².